The number of hydrogen-bond donors (Lipinski definition) is 0. The van der Waals surface area contributed by atoms with E-state index in [2.05, 4.69) is 13.0 Å². The highest BCUT2D eigenvalue weighted by Gasteiger charge is 2.23. The van der Waals surface area contributed by atoms with Crippen molar-refractivity contribution < 1.29 is 14.3 Å². The molecule has 0 aromatic heterocycles. The average molecular weight is 262 g/mol. The van der Waals surface area contributed by atoms with E-state index in [9.17, 15) is 4.79 Å². The molecule has 1 heterocycles. The van der Waals surface area contributed by atoms with Crippen LogP contribution in [-0.4, -0.2) is 25.6 Å². The summed E-state index contributed by atoms with van der Waals surface area (Å²) in [4.78, 5) is 12.0. The molecule has 0 fully saturated rings. The van der Waals surface area contributed by atoms with Crippen LogP contribution in [-0.2, 0) is 9.53 Å². The molecule has 0 saturated heterocycles. The molecule has 1 atom stereocenters. The predicted octanol–water partition coefficient (Wildman–Crippen LogP) is 3.33. The van der Waals surface area contributed by atoms with E-state index in [4.69, 9.17) is 9.47 Å². The predicted molar refractivity (Wildman–Crippen MR) is 74.6 cm³/mol. The lowest BCUT2D eigenvalue weighted by atomic mass is 9.88. The normalized spacial score (nSPS) is 17.6. The zero-order valence-corrected chi connectivity index (χ0v) is 11.6. The Bertz CT molecular complexity index is 414. The Kier molecular flexibility index (Phi) is 5.40. The Morgan fingerprint density at radius 3 is 3.05 bits per heavy atom. The molecule has 1 aromatic carbocycles. The summed E-state index contributed by atoms with van der Waals surface area (Å²) in [5.74, 6) is 1.54. The van der Waals surface area contributed by atoms with Crippen molar-refractivity contribution in [3.05, 3.63) is 29.8 Å². The fraction of sp³-hybridized carbons (Fsp3) is 0.562. The van der Waals surface area contributed by atoms with Crippen LogP contribution in [0.5, 0.6) is 5.75 Å². The van der Waals surface area contributed by atoms with Gasteiger partial charge in [-0.2, -0.15) is 0 Å². The molecule has 3 nitrogen and oxygen atoms in total. The first-order valence-electron chi connectivity index (χ1n) is 7.12. The highest BCUT2D eigenvalue weighted by Crippen LogP contribution is 2.35. The van der Waals surface area contributed by atoms with Gasteiger partial charge in [-0.3, -0.25) is 4.79 Å². The number of ketones is 1. The molecule has 0 bridgehead atoms. The summed E-state index contributed by atoms with van der Waals surface area (Å²) in [6.45, 7) is 4.08. The molecule has 0 spiro atoms. The molecule has 0 amide bonds. The summed E-state index contributed by atoms with van der Waals surface area (Å²) in [6, 6.07) is 8.04. The van der Waals surface area contributed by atoms with Gasteiger partial charge in [-0.1, -0.05) is 25.1 Å². The van der Waals surface area contributed by atoms with Crippen LogP contribution in [0.2, 0.25) is 0 Å². The van der Waals surface area contributed by atoms with Crippen molar-refractivity contribution in [2.45, 2.75) is 38.5 Å². The zero-order chi connectivity index (χ0) is 13.5. The Hall–Kier alpha value is -1.35. The molecule has 2 rings (SSSR count). The molecule has 0 aliphatic carbocycles. The number of benzene rings is 1. The molecular weight excluding hydrogens is 240 g/mol. The van der Waals surface area contributed by atoms with E-state index in [0.29, 0.717) is 32.0 Å². The Morgan fingerprint density at radius 1 is 1.37 bits per heavy atom. The van der Waals surface area contributed by atoms with E-state index in [1.54, 1.807) is 0 Å². The van der Waals surface area contributed by atoms with Crippen LogP contribution in [0.3, 0.4) is 0 Å². The summed E-state index contributed by atoms with van der Waals surface area (Å²) in [5, 5.41) is 0. The minimum absolute atomic E-state index is 0.290. The molecule has 0 N–H and O–H groups in total. The van der Waals surface area contributed by atoms with Gasteiger partial charge >= 0.3 is 0 Å². The number of rotatable bonds is 7. The van der Waals surface area contributed by atoms with Gasteiger partial charge in [-0.25, -0.2) is 0 Å². The molecule has 19 heavy (non-hydrogen) atoms. The molecule has 1 aliphatic heterocycles. The first-order chi connectivity index (χ1) is 9.31. The van der Waals surface area contributed by atoms with Crippen LogP contribution < -0.4 is 4.74 Å². The van der Waals surface area contributed by atoms with Crippen molar-refractivity contribution in [1.82, 2.24) is 0 Å². The van der Waals surface area contributed by atoms with Gasteiger partial charge in [-0.15, -0.1) is 0 Å². The molecule has 1 aromatic rings. The lowest BCUT2D eigenvalue weighted by Gasteiger charge is -2.25. The maximum absolute atomic E-state index is 12.0. The standard InChI is InChI=1S/C16H22O3/c1-2-9-18-10-8-14(17)12-13-7-11-19-16-6-4-3-5-15(13)16/h3-6,13H,2,7-12H2,1H3. The number of para-hydroxylation sites is 1. The van der Waals surface area contributed by atoms with Gasteiger partial charge in [-0.05, 0) is 30.4 Å². The lowest BCUT2D eigenvalue weighted by Crippen LogP contribution is -2.17. The van der Waals surface area contributed by atoms with Crippen molar-refractivity contribution in [2.24, 2.45) is 0 Å². The molecular formula is C16H22O3. The van der Waals surface area contributed by atoms with Crippen molar-refractivity contribution in [2.75, 3.05) is 19.8 Å². The number of carbonyl (C=O) groups is 1. The van der Waals surface area contributed by atoms with E-state index in [1.165, 1.54) is 5.56 Å². The summed E-state index contributed by atoms with van der Waals surface area (Å²) in [5.41, 5.74) is 1.18. The lowest BCUT2D eigenvalue weighted by molar-refractivity contribution is -0.120. The summed E-state index contributed by atoms with van der Waals surface area (Å²) in [7, 11) is 0. The number of fused-ring (bicyclic) bond motifs is 1. The third kappa shape index (κ3) is 4.06. The highest BCUT2D eigenvalue weighted by atomic mass is 16.5. The van der Waals surface area contributed by atoms with Gasteiger partial charge in [0.2, 0.25) is 0 Å². The molecule has 3 heteroatoms. The van der Waals surface area contributed by atoms with Gasteiger partial charge in [0.1, 0.15) is 11.5 Å². The highest BCUT2D eigenvalue weighted by molar-refractivity contribution is 5.79. The monoisotopic (exact) mass is 262 g/mol. The van der Waals surface area contributed by atoms with Crippen LogP contribution >= 0.6 is 0 Å². The maximum atomic E-state index is 12.0. The molecule has 1 unspecified atom stereocenters. The van der Waals surface area contributed by atoms with Gasteiger partial charge in [0.25, 0.3) is 0 Å². The van der Waals surface area contributed by atoms with E-state index < -0.39 is 0 Å². The fourth-order valence-electron chi connectivity index (χ4n) is 2.44. The Labute approximate surface area is 114 Å². The number of ether oxygens (including phenoxy) is 2. The second-order valence-electron chi connectivity index (χ2n) is 4.98. The third-order valence-corrected chi connectivity index (χ3v) is 3.43. The number of hydrogen-bond acceptors (Lipinski definition) is 3. The van der Waals surface area contributed by atoms with Gasteiger partial charge in [0, 0.05) is 19.4 Å². The zero-order valence-electron chi connectivity index (χ0n) is 11.6. The van der Waals surface area contributed by atoms with Crippen molar-refractivity contribution in [3.63, 3.8) is 0 Å². The SMILES string of the molecule is CCCOCCC(=O)CC1CCOc2ccccc21. The van der Waals surface area contributed by atoms with E-state index in [-0.39, 0.29) is 5.78 Å². The number of carbonyl (C=O) groups excluding carboxylic acids is 1. The van der Waals surface area contributed by atoms with Gasteiger partial charge in [0.15, 0.2) is 0 Å². The number of Topliss-reactive ketones (excluding diaryl/α,β-unsaturated/α-hetero) is 1. The van der Waals surface area contributed by atoms with Gasteiger partial charge in [0.05, 0.1) is 13.2 Å². The molecule has 104 valence electrons. The Balaban J connectivity index is 1.85. The van der Waals surface area contributed by atoms with Crippen LogP contribution in [0.1, 0.15) is 44.1 Å². The van der Waals surface area contributed by atoms with Crippen LogP contribution in [0.25, 0.3) is 0 Å². The molecule has 1 aliphatic rings. The summed E-state index contributed by atoms with van der Waals surface area (Å²) < 4.78 is 11.0. The van der Waals surface area contributed by atoms with Gasteiger partial charge < -0.3 is 9.47 Å². The Morgan fingerprint density at radius 2 is 2.21 bits per heavy atom. The average Bonchev–Trinajstić information content (AvgIpc) is 2.44. The summed E-state index contributed by atoms with van der Waals surface area (Å²) in [6.07, 6.45) is 3.06. The molecule has 0 saturated carbocycles. The topological polar surface area (TPSA) is 35.5 Å². The van der Waals surface area contributed by atoms with E-state index in [1.807, 2.05) is 18.2 Å². The first-order valence-corrected chi connectivity index (χ1v) is 7.12. The van der Waals surface area contributed by atoms with Crippen molar-refractivity contribution >= 4 is 5.78 Å². The van der Waals surface area contributed by atoms with Crippen molar-refractivity contribution in [3.8, 4) is 5.75 Å². The van der Waals surface area contributed by atoms with E-state index in [0.717, 1.165) is 25.2 Å². The third-order valence-electron chi connectivity index (χ3n) is 3.43. The maximum Gasteiger partial charge on any atom is 0.135 e. The molecule has 0 radical (unpaired) electrons. The van der Waals surface area contributed by atoms with Crippen LogP contribution in [0.15, 0.2) is 24.3 Å². The minimum Gasteiger partial charge on any atom is -0.493 e. The second kappa shape index (κ2) is 7.29. The van der Waals surface area contributed by atoms with Crippen LogP contribution in [0, 0.1) is 0 Å². The largest absolute Gasteiger partial charge is 0.493 e. The van der Waals surface area contributed by atoms with E-state index >= 15 is 0 Å². The second-order valence-corrected chi connectivity index (χ2v) is 4.98. The fourth-order valence-corrected chi connectivity index (χ4v) is 2.44. The quantitative estimate of drug-likeness (QED) is 0.707. The minimum atomic E-state index is 0.290. The summed E-state index contributed by atoms with van der Waals surface area (Å²) >= 11 is 0. The smallest absolute Gasteiger partial charge is 0.135 e. The van der Waals surface area contributed by atoms with Crippen molar-refractivity contribution in [1.29, 1.82) is 0 Å². The first kappa shape index (κ1) is 14.1. The van der Waals surface area contributed by atoms with Crippen LogP contribution in [0.4, 0.5) is 0 Å².